The van der Waals surface area contributed by atoms with Crippen molar-refractivity contribution in [3.8, 4) is 0 Å². The summed E-state index contributed by atoms with van der Waals surface area (Å²) < 4.78 is 4.92. The Kier molecular flexibility index (Phi) is 4.39. The Bertz CT molecular complexity index is 259. The number of rotatable bonds is 3. The van der Waals surface area contributed by atoms with Crippen molar-refractivity contribution in [3.63, 3.8) is 0 Å². The third kappa shape index (κ3) is 2.56. The molecule has 4 nitrogen and oxygen atoms in total. The van der Waals surface area contributed by atoms with Crippen molar-refractivity contribution in [2.24, 2.45) is 0 Å². The summed E-state index contributed by atoms with van der Waals surface area (Å²) >= 11 is 0. The molecule has 0 aliphatic carbocycles. The smallest absolute Gasteiger partial charge is 0.371 e. The van der Waals surface area contributed by atoms with Gasteiger partial charge in [0.2, 0.25) is 5.76 Å². The van der Waals surface area contributed by atoms with Gasteiger partial charge in [-0.2, -0.15) is 0 Å². The summed E-state index contributed by atoms with van der Waals surface area (Å²) in [7, 11) is 1.77. The van der Waals surface area contributed by atoms with Gasteiger partial charge in [-0.3, -0.25) is 0 Å². The fraction of sp³-hybridized carbons (Fsp3) is 0.286. The lowest BCUT2D eigenvalue weighted by Gasteiger charge is -1.91. The van der Waals surface area contributed by atoms with Crippen LogP contribution in [-0.4, -0.2) is 18.1 Å². The summed E-state index contributed by atoms with van der Waals surface area (Å²) in [6, 6.07) is 3.08. The predicted molar refractivity (Wildman–Crippen MR) is 45.7 cm³/mol. The minimum absolute atomic E-state index is 0. The molecule has 1 heterocycles. The zero-order valence-corrected chi connectivity index (χ0v) is 7.35. The number of halogens is 1. The molecule has 1 aromatic heterocycles. The fourth-order valence-electron chi connectivity index (χ4n) is 0.762. The lowest BCUT2D eigenvalue weighted by Crippen LogP contribution is -2.03. The number of aromatic carboxylic acids is 1. The number of hydrogen-bond acceptors (Lipinski definition) is 3. The second-order valence-electron chi connectivity index (χ2n) is 2.10. The van der Waals surface area contributed by atoms with Gasteiger partial charge in [-0.1, -0.05) is 0 Å². The predicted octanol–water partition coefficient (Wildman–Crippen LogP) is 1.12. The maximum atomic E-state index is 10.3. The monoisotopic (exact) mass is 191 g/mol. The van der Waals surface area contributed by atoms with E-state index in [2.05, 4.69) is 5.32 Å². The Labute approximate surface area is 76.0 Å². The number of carboxylic acids is 1. The Hall–Kier alpha value is -1.00. The molecule has 0 saturated heterocycles. The molecule has 0 saturated carbocycles. The van der Waals surface area contributed by atoms with E-state index < -0.39 is 5.97 Å². The van der Waals surface area contributed by atoms with E-state index in [1.807, 2.05) is 0 Å². The normalized spacial score (nSPS) is 9.08. The van der Waals surface area contributed by atoms with Crippen LogP contribution in [0.5, 0.6) is 0 Å². The first kappa shape index (κ1) is 11.0. The summed E-state index contributed by atoms with van der Waals surface area (Å²) in [4.78, 5) is 10.3. The van der Waals surface area contributed by atoms with Crippen molar-refractivity contribution in [2.45, 2.75) is 6.54 Å². The van der Waals surface area contributed by atoms with Gasteiger partial charge in [-0.25, -0.2) is 4.79 Å². The van der Waals surface area contributed by atoms with Gasteiger partial charge in [0.25, 0.3) is 0 Å². The molecule has 1 rings (SSSR count). The molecule has 0 fully saturated rings. The van der Waals surface area contributed by atoms with Crippen molar-refractivity contribution in [3.05, 3.63) is 23.7 Å². The second-order valence-corrected chi connectivity index (χ2v) is 2.10. The quantitative estimate of drug-likeness (QED) is 0.752. The van der Waals surface area contributed by atoms with Crippen molar-refractivity contribution in [1.82, 2.24) is 5.32 Å². The molecule has 0 radical (unpaired) electrons. The van der Waals surface area contributed by atoms with Gasteiger partial charge in [-0.05, 0) is 19.2 Å². The molecule has 0 spiro atoms. The Morgan fingerprint density at radius 1 is 1.67 bits per heavy atom. The molecular formula is C7H10ClNO3. The highest BCUT2D eigenvalue weighted by molar-refractivity contribution is 5.85. The van der Waals surface area contributed by atoms with Crippen LogP contribution in [0.25, 0.3) is 0 Å². The molecule has 0 bridgehead atoms. The van der Waals surface area contributed by atoms with Crippen LogP contribution in [0.3, 0.4) is 0 Å². The van der Waals surface area contributed by atoms with Crippen LogP contribution >= 0.6 is 12.4 Å². The average molecular weight is 192 g/mol. The third-order valence-corrected chi connectivity index (χ3v) is 1.22. The molecule has 0 unspecified atom stereocenters. The highest BCUT2D eigenvalue weighted by Crippen LogP contribution is 2.06. The van der Waals surface area contributed by atoms with Crippen LogP contribution in [0.1, 0.15) is 16.3 Å². The average Bonchev–Trinajstić information content (AvgIpc) is 2.37. The van der Waals surface area contributed by atoms with E-state index >= 15 is 0 Å². The fourth-order valence-corrected chi connectivity index (χ4v) is 0.762. The van der Waals surface area contributed by atoms with Gasteiger partial charge < -0.3 is 14.8 Å². The third-order valence-electron chi connectivity index (χ3n) is 1.22. The summed E-state index contributed by atoms with van der Waals surface area (Å²) in [5.41, 5.74) is 0. The first-order valence-corrected chi connectivity index (χ1v) is 3.20. The standard InChI is InChI=1S/C7H9NO3.ClH/c1-8-4-5-2-3-6(11-5)7(9)10;/h2-3,8H,4H2,1H3,(H,9,10);1H. The molecule has 0 aliphatic rings. The summed E-state index contributed by atoms with van der Waals surface area (Å²) in [5, 5.41) is 11.3. The Morgan fingerprint density at radius 3 is 2.75 bits per heavy atom. The van der Waals surface area contributed by atoms with Gasteiger partial charge in [0, 0.05) is 0 Å². The van der Waals surface area contributed by atoms with Gasteiger partial charge in [0.05, 0.1) is 6.54 Å². The number of nitrogens with one attached hydrogen (secondary N) is 1. The second kappa shape index (κ2) is 4.79. The van der Waals surface area contributed by atoms with Crippen molar-refractivity contribution >= 4 is 18.4 Å². The Morgan fingerprint density at radius 2 is 2.33 bits per heavy atom. The molecule has 0 aliphatic heterocycles. The molecule has 2 N–H and O–H groups in total. The van der Waals surface area contributed by atoms with Crippen LogP contribution in [0, 0.1) is 0 Å². The van der Waals surface area contributed by atoms with E-state index in [-0.39, 0.29) is 18.2 Å². The topological polar surface area (TPSA) is 62.5 Å². The van der Waals surface area contributed by atoms with E-state index in [0.29, 0.717) is 12.3 Å². The first-order chi connectivity index (χ1) is 5.24. The van der Waals surface area contributed by atoms with Crippen LogP contribution in [0.2, 0.25) is 0 Å². The Balaban J connectivity index is 0.00000121. The number of carboxylic acid groups (broad SMARTS) is 1. The summed E-state index contributed by atoms with van der Waals surface area (Å²) in [6.07, 6.45) is 0. The lowest BCUT2D eigenvalue weighted by molar-refractivity contribution is 0.0660. The van der Waals surface area contributed by atoms with Gasteiger partial charge in [0.1, 0.15) is 5.76 Å². The van der Waals surface area contributed by atoms with Gasteiger partial charge in [-0.15, -0.1) is 12.4 Å². The van der Waals surface area contributed by atoms with E-state index in [1.165, 1.54) is 6.07 Å². The minimum atomic E-state index is -1.03. The van der Waals surface area contributed by atoms with Crippen LogP contribution < -0.4 is 5.32 Å². The van der Waals surface area contributed by atoms with E-state index in [0.717, 1.165) is 0 Å². The molecular weight excluding hydrogens is 182 g/mol. The largest absolute Gasteiger partial charge is 0.475 e. The number of furan rings is 1. The van der Waals surface area contributed by atoms with Crippen molar-refractivity contribution in [2.75, 3.05) is 7.05 Å². The first-order valence-electron chi connectivity index (χ1n) is 3.20. The lowest BCUT2D eigenvalue weighted by atomic mass is 10.4. The van der Waals surface area contributed by atoms with E-state index in [4.69, 9.17) is 9.52 Å². The zero-order chi connectivity index (χ0) is 8.27. The van der Waals surface area contributed by atoms with Crippen LogP contribution in [-0.2, 0) is 6.54 Å². The molecule has 12 heavy (non-hydrogen) atoms. The SMILES string of the molecule is CNCc1ccc(C(=O)O)o1.Cl. The van der Waals surface area contributed by atoms with Crippen molar-refractivity contribution < 1.29 is 14.3 Å². The maximum Gasteiger partial charge on any atom is 0.371 e. The van der Waals surface area contributed by atoms with E-state index in [1.54, 1.807) is 13.1 Å². The van der Waals surface area contributed by atoms with Gasteiger partial charge in [0.15, 0.2) is 0 Å². The molecule has 0 atom stereocenters. The minimum Gasteiger partial charge on any atom is -0.475 e. The summed E-state index contributed by atoms with van der Waals surface area (Å²) in [5.74, 6) is -0.424. The molecule has 5 heteroatoms. The molecule has 1 aromatic rings. The molecule has 68 valence electrons. The number of carbonyl (C=O) groups is 1. The molecule has 0 amide bonds. The summed E-state index contributed by atoms with van der Waals surface area (Å²) in [6.45, 7) is 0.549. The highest BCUT2D eigenvalue weighted by atomic mass is 35.5. The van der Waals surface area contributed by atoms with Crippen LogP contribution in [0.15, 0.2) is 16.5 Å². The molecule has 0 aromatic carbocycles. The highest BCUT2D eigenvalue weighted by Gasteiger charge is 2.07. The number of hydrogen-bond donors (Lipinski definition) is 2. The maximum absolute atomic E-state index is 10.3. The van der Waals surface area contributed by atoms with Gasteiger partial charge >= 0.3 is 5.97 Å². The zero-order valence-electron chi connectivity index (χ0n) is 6.53. The van der Waals surface area contributed by atoms with E-state index in [9.17, 15) is 4.79 Å². The van der Waals surface area contributed by atoms with Crippen molar-refractivity contribution in [1.29, 1.82) is 0 Å². The van der Waals surface area contributed by atoms with Crippen LogP contribution in [0.4, 0.5) is 0 Å².